The molecule has 1 N–H and O–H groups in total. The Hall–Kier alpha value is -2.17. The van der Waals surface area contributed by atoms with Crippen molar-refractivity contribution in [1.29, 1.82) is 0 Å². The second-order valence-corrected chi connectivity index (χ2v) is 7.45. The van der Waals surface area contributed by atoms with E-state index in [1.54, 1.807) is 0 Å². The Kier molecular flexibility index (Phi) is 7.02. The lowest BCUT2D eigenvalue weighted by molar-refractivity contribution is 0.0209. The van der Waals surface area contributed by atoms with Crippen LogP contribution in [0.5, 0.6) is 5.75 Å². The van der Waals surface area contributed by atoms with Gasteiger partial charge in [0.2, 0.25) is 0 Å². The van der Waals surface area contributed by atoms with Gasteiger partial charge in [0.1, 0.15) is 18.5 Å². The first-order valence-electron chi connectivity index (χ1n) is 9.87. The van der Waals surface area contributed by atoms with Crippen LogP contribution in [0.4, 0.5) is 5.69 Å². The number of rotatable bonds is 7. The number of likely N-dealkylation sites (tertiary alicyclic amines) is 1. The highest BCUT2D eigenvalue weighted by atomic mass is 16.5. The van der Waals surface area contributed by atoms with Gasteiger partial charge in [0.05, 0.1) is 5.69 Å². The van der Waals surface area contributed by atoms with Crippen LogP contribution in [0.15, 0.2) is 59.6 Å². The number of aliphatic imine (C=N–C) groups is 1. The molecule has 3 atom stereocenters. The van der Waals surface area contributed by atoms with Gasteiger partial charge in [-0.25, -0.2) is 0 Å². The topological polar surface area (TPSA) is 45.1 Å². The molecule has 2 aromatic rings. The smallest absolute Gasteiger partial charge is 0.119 e. The number of nitrogens with zero attached hydrogens (tertiary/aromatic N) is 2. The molecule has 27 heavy (non-hydrogen) atoms. The fraction of sp³-hybridized carbons (Fsp3) is 0.435. The summed E-state index contributed by atoms with van der Waals surface area (Å²) < 4.78 is 5.77. The van der Waals surface area contributed by atoms with E-state index in [0.717, 1.165) is 17.0 Å². The number of hydrogen-bond donors (Lipinski definition) is 1. The van der Waals surface area contributed by atoms with Gasteiger partial charge in [0.25, 0.3) is 0 Å². The van der Waals surface area contributed by atoms with E-state index >= 15 is 0 Å². The molecule has 0 aromatic heterocycles. The third kappa shape index (κ3) is 5.91. The van der Waals surface area contributed by atoms with Gasteiger partial charge in [-0.2, -0.15) is 0 Å². The minimum Gasteiger partial charge on any atom is -0.491 e. The molecule has 0 saturated carbocycles. The SMILES string of the molecule is C[C@@H]1CCC[C@@H](C)N1C[C@@H](O)COc1ccc(N=Cc2ccccc2)cc1. The van der Waals surface area contributed by atoms with Gasteiger partial charge in [0.15, 0.2) is 0 Å². The fourth-order valence-corrected chi connectivity index (χ4v) is 3.64. The summed E-state index contributed by atoms with van der Waals surface area (Å²) in [7, 11) is 0. The molecule has 1 saturated heterocycles. The van der Waals surface area contributed by atoms with Crippen LogP contribution in [0, 0.1) is 0 Å². The average molecular weight is 367 g/mol. The van der Waals surface area contributed by atoms with E-state index in [4.69, 9.17) is 4.74 Å². The van der Waals surface area contributed by atoms with Crippen molar-refractivity contribution in [1.82, 2.24) is 4.90 Å². The van der Waals surface area contributed by atoms with Crippen molar-refractivity contribution >= 4 is 11.9 Å². The Morgan fingerprint density at radius 2 is 1.74 bits per heavy atom. The molecule has 0 radical (unpaired) electrons. The number of hydrogen-bond acceptors (Lipinski definition) is 4. The van der Waals surface area contributed by atoms with Crippen molar-refractivity contribution in [3.8, 4) is 5.75 Å². The Bertz CT molecular complexity index is 705. The molecular weight excluding hydrogens is 336 g/mol. The van der Waals surface area contributed by atoms with Crippen molar-refractivity contribution < 1.29 is 9.84 Å². The fourth-order valence-electron chi connectivity index (χ4n) is 3.64. The van der Waals surface area contributed by atoms with Gasteiger partial charge in [-0.3, -0.25) is 9.89 Å². The minimum absolute atomic E-state index is 0.308. The summed E-state index contributed by atoms with van der Waals surface area (Å²) in [6.07, 6.45) is 5.07. The van der Waals surface area contributed by atoms with E-state index in [-0.39, 0.29) is 0 Å². The van der Waals surface area contributed by atoms with Crippen LogP contribution >= 0.6 is 0 Å². The highest BCUT2D eigenvalue weighted by molar-refractivity contribution is 5.81. The van der Waals surface area contributed by atoms with Crippen molar-refractivity contribution in [3.05, 3.63) is 60.2 Å². The highest BCUT2D eigenvalue weighted by Gasteiger charge is 2.26. The summed E-state index contributed by atoms with van der Waals surface area (Å²) in [5, 5.41) is 10.4. The first kappa shape index (κ1) is 19.6. The summed E-state index contributed by atoms with van der Waals surface area (Å²) in [5.41, 5.74) is 1.95. The van der Waals surface area contributed by atoms with E-state index in [0.29, 0.717) is 25.2 Å². The van der Waals surface area contributed by atoms with Crippen molar-refractivity contribution in [2.45, 2.75) is 51.3 Å². The second-order valence-electron chi connectivity index (χ2n) is 7.45. The summed E-state index contributed by atoms with van der Waals surface area (Å²) in [4.78, 5) is 6.87. The lowest BCUT2D eigenvalue weighted by Crippen LogP contribution is -2.48. The summed E-state index contributed by atoms with van der Waals surface area (Å²) >= 11 is 0. The standard InChI is InChI=1S/C23H30N2O2/c1-18-7-6-8-19(2)25(18)16-22(26)17-27-23-13-11-21(12-14-23)24-15-20-9-4-3-5-10-20/h3-5,9-15,18-19,22,26H,6-8,16-17H2,1-2H3/t18-,19-,22-/m1/s1. The van der Waals surface area contributed by atoms with Crippen molar-refractivity contribution in [2.75, 3.05) is 13.2 Å². The molecule has 0 bridgehead atoms. The maximum atomic E-state index is 10.4. The lowest BCUT2D eigenvalue weighted by Gasteiger charge is -2.40. The Balaban J connectivity index is 1.47. The largest absolute Gasteiger partial charge is 0.491 e. The van der Waals surface area contributed by atoms with E-state index in [1.807, 2.05) is 60.8 Å². The van der Waals surface area contributed by atoms with Crippen LogP contribution in [0.1, 0.15) is 38.7 Å². The zero-order valence-corrected chi connectivity index (χ0v) is 16.3. The number of aliphatic hydroxyl groups is 1. The number of ether oxygens (including phenoxy) is 1. The normalized spacial score (nSPS) is 22.0. The van der Waals surface area contributed by atoms with E-state index < -0.39 is 6.10 Å². The molecule has 0 unspecified atom stereocenters. The van der Waals surface area contributed by atoms with Crippen molar-refractivity contribution in [2.24, 2.45) is 4.99 Å². The van der Waals surface area contributed by atoms with Crippen LogP contribution < -0.4 is 4.74 Å². The summed E-state index contributed by atoms with van der Waals surface area (Å²) in [6, 6.07) is 18.7. The molecule has 144 valence electrons. The third-order valence-corrected chi connectivity index (χ3v) is 5.24. The molecule has 0 aliphatic carbocycles. The van der Waals surface area contributed by atoms with E-state index in [1.165, 1.54) is 19.3 Å². The monoisotopic (exact) mass is 366 g/mol. The number of piperidine rings is 1. The molecule has 1 aliphatic heterocycles. The predicted octanol–water partition coefficient (Wildman–Crippen LogP) is 4.44. The van der Waals surface area contributed by atoms with Crippen LogP contribution in [0.2, 0.25) is 0 Å². The zero-order valence-electron chi connectivity index (χ0n) is 16.3. The van der Waals surface area contributed by atoms with Gasteiger partial charge < -0.3 is 9.84 Å². The molecular formula is C23H30N2O2. The molecule has 0 amide bonds. The van der Waals surface area contributed by atoms with Crippen LogP contribution in [-0.2, 0) is 0 Å². The molecule has 1 fully saturated rings. The zero-order chi connectivity index (χ0) is 19.1. The molecule has 4 heteroatoms. The predicted molar refractivity (Wildman–Crippen MR) is 111 cm³/mol. The molecule has 2 aromatic carbocycles. The third-order valence-electron chi connectivity index (χ3n) is 5.24. The number of β-amino-alcohol motifs (C(OH)–C–C–N with tert-alkyl or cyclic N) is 1. The molecule has 0 spiro atoms. The molecule has 1 aliphatic rings. The molecule has 1 heterocycles. The van der Waals surface area contributed by atoms with E-state index in [9.17, 15) is 5.11 Å². The van der Waals surface area contributed by atoms with Gasteiger partial charge in [-0.1, -0.05) is 36.8 Å². The Morgan fingerprint density at radius 1 is 1.07 bits per heavy atom. The lowest BCUT2D eigenvalue weighted by atomic mass is 9.97. The van der Waals surface area contributed by atoms with Gasteiger partial charge >= 0.3 is 0 Å². The first-order chi connectivity index (χ1) is 13.1. The Labute approximate surface area is 162 Å². The van der Waals surface area contributed by atoms with Gasteiger partial charge in [0, 0.05) is 24.8 Å². The van der Waals surface area contributed by atoms with Crippen molar-refractivity contribution in [3.63, 3.8) is 0 Å². The number of aliphatic hydroxyl groups excluding tert-OH is 1. The van der Waals surface area contributed by atoms with Crippen LogP contribution in [-0.4, -0.2) is 47.6 Å². The molecule has 4 nitrogen and oxygen atoms in total. The Morgan fingerprint density at radius 3 is 2.41 bits per heavy atom. The van der Waals surface area contributed by atoms with Gasteiger partial charge in [-0.15, -0.1) is 0 Å². The maximum absolute atomic E-state index is 10.4. The summed E-state index contributed by atoms with van der Waals surface area (Å²) in [6.45, 7) is 5.47. The van der Waals surface area contributed by atoms with Gasteiger partial charge in [-0.05, 0) is 56.5 Å². The minimum atomic E-state index is -0.483. The first-order valence-corrected chi connectivity index (χ1v) is 9.87. The number of benzene rings is 2. The average Bonchev–Trinajstić information content (AvgIpc) is 2.69. The quantitative estimate of drug-likeness (QED) is 0.737. The van der Waals surface area contributed by atoms with Crippen LogP contribution in [0.3, 0.4) is 0 Å². The van der Waals surface area contributed by atoms with E-state index in [2.05, 4.69) is 23.7 Å². The summed E-state index contributed by atoms with van der Waals surface area (Å²) in [5.74, 6) is 0.757. The maximum Gasteiger partial charge on any atom is 0.119 e. The highest BCUT2D eigenvalue weighted by Crippen LogP contribution is 2.23. The molecule has 3 rings (SSSR count). The van der Waals surface area contributed by atoms with Crippen LogP contribution in [0.25, 0.3) is 0 Å². The second kappa shape index (κ2) is 9.67.